The minimum absolute atomic E-state index is 0.0238. The molecule has 0 bridgehead atoms. The summed E-state index contributed by atoms with van der Waals surface area (Å²) in [4.78, 5) is 26.1. The predicted octanol–water partition coefficient (Wildman–Crippen LogP) is 4.35. The molecule has 0 spiro atoms. The molecule has 0 saturated carbocycles. The first kappa shape index (κ1) is 19.8. The molecule has 1 aliphatic rings. The summed E-state index contributed by atoms with van der Waals surface area (Å²) in [7, 11) is 1.32. The van der Waals surface area contributed by atoms with Crippen LogP contribution in [0.1, 0.15) is 50.2 Å². The van der Waals surface area contributed by atoms with E-state index in [0.29, 0.717) is 34.3 Å². The highest BCUT2D eigenvalue weighted by molar-refractivity contribution is 7.18. The van der Waals surface area contributed by atoms with Crippen LogP contribution in [0.4, 0.5) is 4.79 Å². The Kier molecular flexibility index (Phi) is 6.21. The van der Waals surface area contributed by atoms with Crippen molar-refractivity contribution in [1.82, 2.24) is 4.90 Å². The molecule has 2 heterocycles. The Morgan fingerprint density at radius 2 is 2.04 bits per heavy atom. The molecule has 0 aromatic carbocycles. The van der Waals surface area contributed by atoms with Gasteiger partial charge < -0.3 is 19.1 Å². The number of carbonyl (C=O) groups is 2. The smallest absolute Gasteiger partial charge is 0.410 e. The maximum absolute atomic E-state index is 12.3. The maximum atomic E-state index is 12.3. The third-order valence-electron chi connectivity index (χ3n) is 3.79. The summed E-state index contributed by atoms with van der Waals surface area (Å²) in [6, 6.07) is 1.60. The third kappa shape index (κ3) is 5.25. The van der Waals surface area contributed by atoms with Crippen molar-refractivity contribution in [2.75, 3.05) is 13.7 Å². The van der Waals surface area contributed by atoms with Crippen molar-refractivity contribution in [1.29, 1.82) is 0 Å². The van der Waals surface area contributed by atoms with Gasteiger partial charge in [-0.1, -0.05) is 11.6 Å². The molecule has 0 aliphatic carbocycles. The highest BCUT2D eigenvalue weighted by Crippen LogP contribution is 2.35. The Morgan fingerprint density at radius 3 is 2.60 bits per heavy atom. The number of likely N-dealkylation sites (tertiary alicyclic amines) is 1. The number of thiophene rings is 1. The quantitative estimate of drug-likeness (QED) is 0.719. The number of rotatable bonds is 3. The zero-order valence-electron chi connectivity index (χ0n) is 15.1. The molecule has 0 N–H and O–H groups in total. The summed E-state index contributed by atoms with van der Waals surface area (Å²) in [5, 5.41) is 0. The average Bonchev–Trinajstić information content (AvgIpc) is 2.85. The Hall–Kier alpha value is -1.47. The van der Waals surface area contributed by atoms with E-state index in [0.717, 1.165) is 11.3 Å². The van der Waals surface area contributed by atoms with Gasteiger partial charge in [-0.3, -0.25) is 0 Å². The SMILES string of the molecule is COC(=O)c1sc(Cl)cc1OC1CCN(C(=O)OC(C)(C)C)C(C)C1. The minimum Gasteiger partial charge on any atom is -0.488 e. The van der Waals surface area contributed by atoms with Gasteiger partial charge in [0.2, 0.25) is 0 Å². The minimum atomic E-state index is -0.521. The van der Waals surface area contributed by atoms with E-state index >= 15 is 0 Å². The molecule has 8 heteroatoms. The Bertz CT molecular complexity index is 639. The van der Waals surface area contributed by atoms with Gasteiger partial charge in [0, 0.05) is 31.5 Å². The van der Waals surface area contributed by atoms with E-state index in [1.807, 2.05) is 27.7 Å². The van der Waals surface area contributed by atoms with Crippen LogP contribution in [0, 0.1) is 0 Å². The van der Waals surface area contributed by atoms with Gasteiger partial charge >= 0.3 is 12.1 Å². The molecule has 2 unspecified atom stereocenters. The molecule has 1 saturated heterocycles. The van der Waals surface area contributed by atoms with Crippen molar-refractivity contribution < 1.29 is 23.8 Å². The molecule has 1 aromatic rings. The molecule has 0 radical (unpaired) electrons. The largest absolute Gasteiger partial charge is 0.488 e. The second-order valence-corrected chi connectivity index (χ2v) is 8.71. The zero-order valence-corrected chi connectivity index (χ0v) is 16.7. The topological polar surface area (TPSA) is 65.1 Å². The fourth-order valence-electron chi connectivity index (χ4n) is 2.68. The normalized spacial score (nSPS) is 21.0. The second kappa shape index (κ2) is 7.83. The molecule has 1 aliphatic heterocycles. The van der Waals surface area contributed by atoms with Gasteiger partial charge in [0.1, 0.15) is 17.5 Å². The summed E-state index contributed by atoms with van der Waals surface area (Å²) in [6.07, 6.45) is 0.875. The van der Waals surface area contributed by atoms with Crippen molar-refractivity contribution in [2.45, 2.75) is 58.3 Å². The first-order valence-corrected chi connectivity index (χ1v) is 9.34. The third-order valence-corrected chi connectivity index (χ3v) is 5.01. The average molecular weight is 390 g/mol. The van der Waals surface area contributed by atoms with E-state index in [-0.39, 0.29) is 18.2 Å². The lowest BCUT2D eigenvalue weighted by molar-refractivity contribution is -0.00105. The molecule has 1 amide bonds. The van der Waals surface area contributed by atoms with Crippen molar-refractivity contribution in [2.24, 2.45) is 0 Å². The number of nitrogens with zero attached hydrogens (tertiary/aromatic N) is 1. The summed E-state index contributed by atoms with van der Waals surface area (Å²) in [5.74, 6) is -0.0316. The molecule has 1 aromatic heterocycles. The van der Waals surface area contributed by atoms with Crippen molar-refractivity contribution in [3.05, 3.63) is 15.3 Å². The van der Waals surface area contributed by atoms with Gasteiger partial charge in [0.25, 0.3) is 0 Å². The molecule has 2 rings (SSSR count). The zero-order chi connectivity index (χ0) is 18.8. The van der Waals surface area contributed by atoms with Gasteiger partial charge in [0.15, 0.2) is 4.88 Å². The number of ether oxygens (including phenoxy) is 3. The van der Waals surface area contributed by atoms with Gasteiger partial charge in [-0.25, -0.2) is 9.59 Å². The monoisotopic (exact) mass is 389 g/mol. The predicted molar refractivity (Wildman–Crippen MR) is 96.7 cm³/mol. The van der Waals surface area contributed by atoms with Crippen LogP contribution in [0.25, 0.3) is 0 Å². The fourth-order valence-corrected chi connectivity index (χ4v) is 3.74. The molecule has 25 heavy (non-hydrogen) atoms. The van der Waals surface area contributed by atoms with Crippen LogP contribution in [0.3, 0.4) is 0 Å². The summed E-state index contributed by atoms with van der Waals surface area (Å²) in [6.45, 7) is 8.04. The number of piperidine rings is 1. The summed E-state index contributed by atoms with van der Waals surface area (Å²) in [5.41, 5.74) is -0.521. The number of carbonyl (C=O) groups excluding carboxylic acids is 2. The summed E-state index contributed by atoms with van der Waals surface area (Å²) < 4.78 is 16.6. The molecule has 6 nitrogen and oxygen atoms in total. The number of hydrogen-bond acceptors (Lipinski definition) is 6. The highest BCUT2D eigenvalue weighted by atomic mass is 35.5. The second-order valence-electron chi connectivity index (χ2n) is 7.02. The van der Waals surface area contributed by atoms with Gasteiger partial charge in [0.05, 0.1) is 11.4 Å². The number of amides is 1. The highest BCUT2D eigenvalue weighted by Gasteiger charge is 2.33. The Balaban J connectivity index is 2.00. The van der Waals surface area contributed by atoms with Gasteiger partial charge in [-0.2, -0.15) is 0 Å². The number of hydrogen-bond donors (Lipinski definition) is 0. The molecule has 140 valence electrons. The molecule has 1 fully saturated rings. The lowest BCUT2D eigenvalue weighted by atomic mass is 10.0. The summed E-state index contributed by atoms with van der Waals surface area (Å²) >= 11 is 7.13. The lowest BCUT2D eigenvalue weighted by Gasteiger charge is -2.38. The first-order valence-electron chi connectivity index (χ1n) is 8.14. The van der Waals surface area contributed by atoms with E-state index in [1.54, 1.807) is 11.0 Å². The van der Waals surface area contributed by atoms with Crippen LogP contribution >= 0.6 is 22.9 Å². The van der Waals surface area contributed by atoms with Crippen LogP contribution in [0.5, 0.6) is 5.75 Å². The van der Waals surface area contributed by atoms with E-state index in [2.05, 4.69) is 0 Å². The molecular formula is C17H24ClNO5S. The van der Waals surface area contributed by atoms with Crippen LogP contribution in [0.2, 0.25) is 4.34 Å². The van der Waals surface area contributed by atoms with Crippen LogP contribution in [-0.2, 0) is 9.47 Å². The van der Waals surface area contributed by atoms with Crippen LogP contribution in [-0.4, -0.2) is 48.4 Å². The van der Waals surface area contributed by atoms with E-state index < -0.39 is 11.6 Å². The van der Waals surface area contributed by atoms with Gasteiger partial charge in [-0.15, -0.1) is 11.3 Å². The van der Waals surface area contributed by atoms with Crippen molar-refractivity contribution in [3.63, 3.8) is 0 Å². The van der Waals surface area contributed by atoms with Crippen molar-refractivity contribution in [3.8, 4) is 5.75 Å². The van der Waals surface area contributed by atoms with Crippen molar-refractivity contribution >= 4 is 35.0 Å². The van der Waals surface area contributed by atoms with E-state index in [9.17, 15) is 9.59 Å². The molecular weight excluding hydrogens is 366 g/mol. The standard InChI is InChI=1S/C17H24ClNO5S/c1-10-8-11(6-7-19(10)16(21)24-17(2,3)4)23-12-9-13(18)25-14(12)15(20)22-5/h9-11H,6-8H2,1-5H3. The van der Waals surface area contributed by atoms with Crippen LogP contribution < -0.4 is 4.74 Å². The number of halogens is 1. The van der Waals surface area contributed by atoms with Gasteiger partial charge in [-0.05, 0) is 27.7 Å². The first-order chi connectivity index (χ1) is 11.6. The van der Waals surface area contributed by atoms with E-state index in [4.69, 9.17) is 25.8 Å². The Labute approximate surface area is 157 Å². The fraction of sp³-hybridized carbons (Fsp3) is 0.647. The Morgan fingerprint density at radius 1 is 1.36 bits per heavy atom. The van der Waals surface area contributed by atoms with Crippen LogP contribution in [0.15, 0.2) is 6.07 Å². The molecule has 2 atom stereocenters. The number of esters is 1. The van der Waals surface area contributed by atoms with E-state index in [1.165, 1.54) is 7.11 Å². The lowest BCUT2D eigenvalue weighted by Crippen LogP contribution is -2.49. The number of methoxy groups -OCH3 is 1. The maximum Gasteiger partial charge on any atom is 0.410 e.